The molecule has 1 aromatic heterocycles. The number of hydrogen-bond donors (Lipinski definition) is 4. The van der Waals surface area contributed by atoms with Crippen LogP contribution in [-0.2, 0) is 27.1 Å². The summed E-state index contributed by atoms with van der Waals surface area (Å²) in [5.74, 6) is -0.417. The zero-order valence-electron chi connectivity index (χ0n) is 27.9. The topological polar surface area (TPSA) is 139 Å². The molecule has 0 bridgehead atoms. The van der Waals surface area contributed by atoms with E-state index in [1.807, 2.05) is 93.6 Å². The van der Waals surface area contributed by atoms with Gasteiger partial charge in [0.05, 0.1) is 24.9 Å². The van der Waals surface area contributed by atoms with Crippen molar-refractivity contribution in [3.05, 3.63) is 90.1 Å². The van der Waals surface area contributed by atoms with Crippen LogP contribution in [0.3, 0.4) is 0 Å². The minimum absolute atomic E-state index is 0.107. The lowest BCUT2D eigenvalue weighted by atomic mass is 9.85. The fraction of sp³-hybridized carbons (Fsp3) is 0.444. The minimum Gasteiger partial charge on any atom is -0.453 e. The Morgan fingerprint density at radius 2 is 1.41 bits per heavy atom. The van der Waals surface area contributed by atoms with Crippen molar-refractivity contribution < 1.29 is 29.0 Å². The Labute approximate surface area is 272 Å². The molecule has 0 saturated heterocycles. The quantitative estimate of drug-likeness (QED) is 0.209. The number of methoxy groups -OCH3 is 1. The van der Waals surface area contributed by atoms with E-state index in [1.165, 1.54) is 7.11 Å². The Morgan fingerprint density at radius 1 is 0.783 bits per heavy atom. The number of nitrogens with zero attached hydrogens (tertiary/aromatic N) is 1. The average Bonchev–Trinajstić information content (AvgIpc) is 2.99. The molecule has 0 unspecified atom stereocenters. The number of rotatable bonds is 12. The molecule has 0 aliphatic carbocycles. The van der Waals surface area contributed by atoms with Crippen molar-refractivity contribution in [3.8, 4) is 11.3 Å². The number of nitrogens with one attached hydrogen (secondary N) is 3. The van der Waals surface area contributed by atoms with E-state index in [2.05, 4.69) is 20.9 Å². The molecular weight excluding hydrogens is 584 g/mol. The highest BCUT2D eigenvalue weighted by Gasteiger charge is 2.35. The lowest BCUT2D eigenvalue weighted by Gasteiger charge is -2.33. The van der Waals surface area contributed by atoms with Crippen molar-refractivity contribution in [1.29, 1.82) is 0 Å². The average molecular weight is 633 g/mol. The molecule has 0 radical (unpaired) electrons. The number of carbonyl (C=O) groups excluding carboxylic acids is 3. The number of aliphatic hydroxyl groups excluding tert-OH is 1. The fourth-order valence-corrected chi connectivity index (χ4v) is 5.03. The van der Waals surface area contributed by atoms with E-state index >= 15 is 0 Å². The lowest BCUT2D eigenvalue weighted by Crippen LogP contribution is -2.56. The van der Waals surface area contributed by atoms with E-state index in [-0.39, 0.29) is 6.42 Å². The highest BCUT2D eigenvalue weighted by molar-refractivity contribution is 5.86. The summed E-state index contributed by atoms with van der Waals surface area (Å²) in [7, 11) is 1.24. The van der Waals surface area contributed by atoms with Gasteiger partial charge in [0, 0.05) is 17.8 Å². The first-order valence-corrected chi connectivity index (χ1v) is 15.5. The van der Waals surface area contributed by atoms with Crippen molar-refractivity contribution in [1.82, 2.24) is 20.9 Å². The molecule has 4 N–H and O–H groups in total. The molecule has 2 aromatic carbocycles. The molecule has 0 aliphatic heterocycles. The van der Waals surface area contributed by atoms with Gasteiger partial charge < -0.3 is 30.5 Å². The third kappa shape index (κ3) is 11.8. The molecule has 3 rings (SSSR count). The van der Waals surface area contributed by atoms with Gasteiger partial charge in [-0.15, -0.1) is 0 Å². The molecule has 46 heavy (non-hydrogen) atoms. The van der Waals surface area contributed by atoms with Gasteiger partial charge in [-0.25, -0.2) is 9.59 Å². The van der Waals surface area contributed by atoms with Crippen molar-refractivity contribution in [2.45, 2.75) is 90.6 Å². The van der Waals surface area contributed by atoms with E-state index in [4.69, 9.17) is 9.47 Å². The second-order valence-electron chi connectivity index (χ2n) is 13.5. The van der Waals surface area contributed by atoms with Gasteiger partial charge in [0.2, 0.25) is 5.91 Å². The van der Waals surface area contributed by atoms with E-state index in [1.54, 1.807) is 27.0 Å². The van der Waals surface area contributed by atoms with Crippen LogP contribution in [0.2, 0.25) is 0 Å². The number of benzene rings is 2. The molecule has 3 aromatic rings. The summed E-state index contributed by atoms with van der Waals surface area (Å²) < 4.78 is 10.3. The Hall–Kier alpha value is -4.44. The predicted molar refractivity (Wildman–Crippen MR) is 178 cm³/mol. The molecule has 10 heteroatoms. The maximum Gasteiger partial charge on any atom is 0.407 e. The van der Waals surface area contributed by atoms with Gasteiger partial charge in [-0.2, -0.15) is 0 Å². The summed E-state index contributed by atoms with van der Waals surface area (Å²) >= 11 is 0. The van der Waals surface area contributed by atoms with Crippen LogP contribution in [0.4, 0.5) is 9.59 Å². The lowest BCUT2D eigenvalue weighted by molar-refractivity contribution is -0.126. The Bertz CT molecular complexity index is 1400. The molecule has 0 saturated carbocycles. The third-order valence-electron chi connectivity index (χ3n) is 7.31. The molecule has 0 fully saturated rings. The summed E-state index contributed by atoms with van der Waals surface area (Å²) in [4.78, 5) is 43.1. The summed E-state index contributed by atoms with van der Waals surface area (Å²) in [5, 5.41) is 20.2. The van der Waals surface area contributed by atoms with Crippen LogP contribution in [-0.4, -0.2) is 65.1 Å². The molecular formula is C36H48N4O6. The van der Waals surface area contributed by atoms with Crippen LogP contribution < -0.4 is 16.0 Å². The summed E-state index contributed by atoms with van der Waals surface area (Å²) in [5.41, 5.74) is 2.27. The van der Waals surface area contributed by atoms with Crippen LogP contribution >= 0.6 is 0 Å². The number of ether oxygens (including phenoxy) is 2. The molecule has 1 heterocycles. The first-order chi connectivity index (χ1) is 21.6. The second kappa shape index (κ2) is 16.2. The van der Waals surface area contributed by atoms with Gasteiger partial charge in [-0.1, -0.05) is 81.4 Å². The number of amides is 3. The number of aromatic nitrogens is 1. The molecule has 248 valence electrons. The van der Waals surface area contributed by atoms with Crippen LogP contribution in [0.5, 0.6) is 0 Å². The van der Waals surface area contributed by atoms with Crippen LogP contribution in [0.25, 0.3) is 11.3 Å². The van der Waals surface area contributed by atoms with Gasteiger partial charge >= 0.3 is 12.2 Å². The number of alkyl carbamates (subject to hydrolysis) is 2. The van der Waals surface area contributed by atoms with Crippen molar-refractivity contribution in [3.63, 3.8) is 0 Å². The largest absolute Gasteiger partial charge is 0.453 e. The third-order valence-corrected chi connectivity index (χ3v) is 7.31. The van der Waals surface area contributed by atoms with E-state index < -0.39 is 53.3 Å². The molecule has 0 spiro atoms. The first kappa shape index (κ1) is 36.0. The van der Waals surface area contributed by atoms with Crippen LogP contribution in [0.1, 0.15) is 59.1 Å². The van der Waals surface area contributed by atoms with E-state index in [0.29, 0.717) is 12.8 Å². The smallest absolute Gasteiger partial charge is 0.407 e. The number of carbonyl (C=O) groups is 3. The van der Waals surface area contributed by atoms with Gasteiger partial charge in [-0.05, 0) is 68.7 Å². The summed E-state index contributed by atoms with van der Waals surface area (Å²) in [6.07, 6.45) is 0.138. The summed E-state index contributed by atoms with van der Waals surface area (Å²) in [6, 6.07) is 20.9. The standard InChI is InChI=1S/C36H48N4O6/c1-35(2,3)31(40-33(43)45-7)32(42)38-27(21-25-16-18-26(19-17-25)28-15-11-12-20-37-28)23-30(41)29(22-24-13-9-8-10-14-24)39-34(44)46-36(4,5)6/h8-20,27,29-31,41H,21-23H2,1-7H3,(H,38,42)(H,39,44)(H,40,43)/t27-,29-,30-,31+/m0/s1. The van der Waals surface area contributed by atoms with Crippen LogP contribution in [0, 0.1) is 5.41 Å². The van der Waals surface area contributed by atoms with Gasteiger partial charge in [0.1, 0.15) is 11.6 Å². The fourth-order valence-electron chi connectivity index (χ4n) is 5.03. The zero-order valence-corrected chi connectivity index (χ0v) is 27.9. The van der Waals surface area contributed by atoms with Gasteiger partial charge in [0.25, 0.3) is 0 Å². The number of aliphatic hydroxyl groups is 1. The maximum atomic E-state index is 13.7. The predicted octanol–water partition coefficient (Wildman–Crippen LogP) is 5.43. The molecule has 10 nitrogen and oxygen atoms in total. The first-order valence-electron chi connectivity index (χ1n) is 15.5. The highest BCUT2D eigenvalue weighted by Crippen LogP contribution is 2.22. The molecule has 0 aliphatic rings. The monoisotopic (exact) mass is 632 g/mol. The Balaban J connectivity index is 1.89. The van der Waals surface area contributed by atoms with E-state index in [0.717, 1.165) is 22.4 Å². The maximum absolute atomic E-state index is 13.7. The second-order valence-corrected chi connectivity index (χ2v) is 13.5. The Morgan fingerprint density at radius 3 is 1.98 bits per heavy atom. The van der Waals surface area contributed by atoms with Crippen molar-refractivity contribution in [2.75, 3.05) is 7.11 Å². The highest BCUT2D eigenvalue weighted by atomic mass is 16.6. The molecule has 4 atom stereocenters. The van der Waals surface area contributed by atoms with Crippen molar-refractivity contribution >= 4 is 18.1 Å². The van der Waals surface area contributed by atoms with E-state index in [9.17, 15) is 19.5 Å². The molecule has 3 amide bonds. The van der Waals surface area contributed by atoms with Crippen molar-refractivity contribution in [2.24, 2.45) is 5.41 Å². The number of pyridine rings is 1. The van der Waals surface area contributed by atoms with Gasteiger partial charge in [0.15, 0.2) is 0 Å². The normalized spacial score (nSPS) is 14.3. The Kier molecular flexibility index (Phi) is 12.7. The summed E-state index contributed by atoms with van der Waals surface area (Å²) in [6.45, 7) is 10.8. The minimum atomic E-state index is -1.06. The van der Waals surface area contributed by atoms with Gasteiger partial charge in [-0.3, -0.25) is 9.78 Å². The zero-order chi connectivity index (χ0) is 33.9. The van der Waals surface area contributed by atoms with Crippen LogP contribution in [0.15, 0.2) is 79.0 Å². The number of hydrogen-bond acceptors (Lipinski definition) is 7. The SMILES string of the molecule is COC(=O)N[C@H](C(=O)N[C@@H](Cc1ccc(-c2ccccn2)cc1)C[C@H](O)[C@H](Cc1ccccc1)NC(=O)OC(C)(C)C)C(C)(C)C.